The molecule has 1 rings (SSSR count). The summed E-state index contributed by atoms with van der Waals surface area (Å²) in [4.78, 5) is 2.50. The summed E-state index contributed by atoms with van der Waals surface area (Å²) in [6.07, 6.45) is 1.07. The second-order valence-corrected chi connectivity index (χ2v) is 5.75. The predicted octanol–water partition coefficient (Wildman–Crippen LogP) is 3.27. The van der Waals surface area contributed by atoms with Gasteiger partial charge in [0.2, 0.25) is 0 Å². The van der Waals surface area contributed by atoms with E-state index >= 15 is 0 Å². The van der Waals surface area contributed by atoms with Crippen LogP contribution < -0.4 is 5.73 Å². The maximum atomic E-state index is 6.13. The average Bonchev–Trinajstić information content (AvgIpc) is 2.34. The quantitative estimate of drug-likeness (QED) is 0.802. The molecule has 0 spiro atoms. The highest BCUT2D eigenvalue weighted by Gasteiger charge is 2.13. The summed E-state index contributed by atoms with van der Waals surface area (Å²) in [5, 5.41) is 0. The molecule has 2 nitrogen and oxygen atoms in total. The van der Waals surface area contributed by atoms with Crippen molar-refractivity contribution < 1.29 is 0 Å². The van der Waals surface area contributed by atoms with Crippen LogP contribution in [-0.4, -0.2) is 23.5 Å². The van der Waals surface area contributed by atoms with E-state index in [0.717, 1.165) is 19.5 Å². The summed E-state index contributed by atoms with van der Waals surface area (Å²) >= 11 is 0. The fourth-order valence-corrected chi connectivity index (χ4v) is 1.99. The van der Waals surface area contributed by atoms with Crippen LogP contribution in [0.4, 0.5) is 0 Å². The molecular formula is C16H28N2. The van der Waals surface area contributed by atoms with Gasteiger partial charge in [-0.15, -0.1) is 0 Å². The number of hydrogen-bond donors (Lipinski definition) is 1. The van der Waals surface area contributed by atoms with Crippen molar-refractivity contribution in [3.63, 3.8) is 0 Å². The van der Waals surface area contributed by atoms with E-state index in [1.807, 2.05) is 0 Å². The molecule has 0 saturated heterocycles. The molecule has 1 atom stereocenters. The molecule has 1 unspecified atom stereocenters. The van der Waals surface area contributed by atoms with Crippen molar-refractivity contribution in [2.75, 3.05) is 6.54 Å². The standard InChI is InChI=1S/C16H28N2/c1-13(2)16(17)10-11-18(14(3)4)12-15-8-6-5-7-9-15/h5-9,13-14,16H,10-12,17H2,1-4H3. The van der Waals surface area contributed by atoms with E-state index in [1.165, 1.54) is 5.56 Å². The van der Waals surface area contributed by atoms with Crippen molar-refractivity contribution in [3.05, 3.63) is 35.9 Å². The van der Waals surface area contributed by atoms with E-state index in [4.69, 9.17) is 5.73 Å². The lowest BCUT2D eigenvalue weighted by Crippen LogP contribution is -2.36. The van der Waals surface area contributed by atoms with Crippen LogP contribution in [0.1, 0.15) is 39.7 Å². The SMILES string of the molecule is CC(C)C(N)CCN(Cc1ccccc1)C(C)C. The summed E-state index contributed by atoms with van der Waals surface area (Å²) in [7, 11) is 0. The van der Waals surface area contributed by atoms with Crippen LogP contribution in [-0.2, 0) is 6.54 Å². The number of nitrogens with two attached hydrogens (primary N) is 1. The lowest BCUT2D eigenvalue weighted by molar-refractivity contribution is 0.199. The summed E-state index contributed by atoms with van der Waals surface area (Å²) in [6, 6.07) is 11.5. The minimum Gasteiger partial charge on any atom is -0.327 e. The third kappa shape index (κ3) is 5.19. The minimum atomic E-state index is 0.307. The van der Waals surface area contributed by atoms with Crippen molar-refractivity contribution in [2.24, 2.45) is 11.7 Å². The average molecular weight is 248 g/mol. The van der Waals surface area contributed by atoms with E-state index in [9.17, 15) is 0 Å². The molecule has 0 aromatic heterocycles. The van der Waals surface area contributed by atoms with Gasteiger partial charge in [0, 0.05) is 25.2 Å². The largest absolute Gasteiger partial charge is 0.327 e. The molecule has 0 saturated carbocycles. The molecule has 2 heteroatoms. The lowest BCUT2D eigenvalue weighted by Gasteiger charge is -2.28. The Kier molecular flexibility index (Phi) is 6.37. The van der Waals surface area contributed by atoms with Gasteiger partial charge in [-0.1, -0.05) is 44.2 Å². The van der Waals surface area contributed by atoms with Crippen LogP contribution in [0.25, 0.3) is 0 Å². The van der Waals surface area contributed by atoms with Gasteiger partial charge in [-0.2, -0.15) is 0 Å². The van der Waals surface area contributed by atoms with Gasteiger partial charge in [-0.3, -0.25) is 4.90 Å². The molecule has 0 amide bonds. The zero-order chi connectivity index (χ0) is 13.5. The van der Waals surface area contributed by atoms with Crippen molar-refractivity contribution in [3.8, 4) is 0 Å². The molecule has 0 aliphatic carbocycles. The number of benzene rings is 1. The maximum absolute atomic E-state index is 6.13. The van der Waals surface area contributed by atoms with Crippen molar-refractivity contribution in [1.29, 1.82) is 0 Å². The Bertz CT molecular complexity index is 319. The molecule has 0 aliphatic rings. The highest BCUT2D eigenvalue weighted by molar-refractivity contribution is 5.14. The van der Waals surface area contributed by atoms with Crippen LogP contribution in [0.5, 0.6) is 0 Å². The van der Waals surface area contributed by atoms with Gasteiger partial charge in [0.1, 0.15) is 0 Å². The Morgan fingerprint density at radius 3 is 2.17 bits per heavy atom. The third-order valence-electron chi connectivity index (χ3n) is 3.56. The van der Waals surface area contributed by atoms with Crippen LogP contribution >= 0.6 is 0 Å². The zero-order valence-corrected chi connectivity index (χ0v) is 12.3. The maximum Gasteiger partial charge on any atom is 0.0236 e. The van der Waals surface area contributed by atoms with Gasteiger partial charge >= 0.3 is 0 Å². The summed E-state index contributed by atoms with van der Waals surface area (Å²) in [5.74, 6) is 0.565. The van der Waals surface area contributed by atoms with Gasteiger partial charge in [-0.05, 0) is 31.7 Å². The molecule has 0 heterocycles. The van der Waals surface area contributed by atoms with Gasteiger partial charge in [0.25, 0.3) is 0 Å². The first kappa shape index (κ1) is 15.2. The van der Waals surface area contributed by atoms with Crippen molar-refractivity contribution in [1.82, 2.24) is 4.90 Å². The van der Waals surface area contributed by atoms with E-state index in [-0.39, 0.29) is 0 Å². The van der Waals surface area contributed by atoms with E-state index < -0.39 is 0 Å². The highest BCUT2D eigenvalue weighted by Crippen LogP contribution is 2.11. The third-order valence-corrected chi connectivity index (χ3v) is 3.56. The molecule has 1 aromatic carbocycles. The molecule has 1 aromatic rings. The van der Waals surface area contributed by atoms with E-state index in [1.54, 1.807) is 0 Å². The molecule has 0 bridgehead atoms. The first-order valence-corrected chi connectivity index (χ1v) is 7.04. The summed E-state index contributed by atoms with van der Waals surface area (Å²) in [5.41, 5.74) is 7.51. The Morgan fingerprint density at radius 2 is 1.67 bits per heavy atom. The van der Waals surface area contributed by atoms with Crippen molar-refractivity contribution >= 4 is 0 Å². The Labute approximate surface area is 112 Å². The van der Waals surface area contributed by atoms with Crippen LogP contribution in [0.2, 0.25) is 0 Å². The van der Waals surface area contributed by atoms with Gasteiger partial charge < -0.3 is 5.73 Å². The molecule has 18 heavy (non-hydrogen) atoms. The Morgan fingerprint density at radius 1 is 1.06 bits per heavy atom. The number of hydrogen-bond acceptors (Lipinski definition) is 2. The molecule has 0 radical (unpaired) electrons. The predicted molar refractivity (Wildman–Crippen MR) is 79.4 cm³/mol. The molecule has 2 N–H and O–H groups in total. The first-order chi connectivity index (χ1) is 8.50. The molecule has 0 aliphatic heterocycles. The summed E-state index contributed by atoms with van der Waals surface area (Å²) in [6.45, 7) is 11.0. The van der Waals surface area contributed by atoms with E-state index in [0.29, 0.717) is 18.0 Å². The van der Waals surface area contributed by atoms with Crippen LogP contribution in [0, 0.1) is 5.92 Å². The minimum absolute atomic E-state index is 0.307. The fourth-order valence-electron chi connectivity index (χ4n) is 1.99. The lowest BCUT2D eigenvalue weighted by atomic mass is 10.0. The van der Waals surface area contributed by atoms with Gasteiger partial charge in [-0.25, -0.2) is 0 Å². The fraction of sp³-hybridized carbons (Fsp3) is 0.625. The highest BCUT2D eigenvalue weighted by atomic mass is 15.1. The molecular weight excluding hydrogens is 220 g/mol. The molecule has 0 fully saturated rings. The Balaban J connectivity index is 2.51. The van der Waals surface area contributed by atoms with Gasteiger partial charge in [0.05, 0.1) is 0 Å². The second-order valence-electron chi connectivity index (χ2n) is 5.75. The zero-order valence-electron chi connectivity index (χ0n) is 12.3. The van der Waals surface area contributed by atoms with Gasteiger partial charge in [0.15, 0.2) is 0 Å². The topological polar surface area (TPSA) is 29.3 Å². The summed E-state index contributed by atoms with van der Waals surface area (Å²) < 4.78 is 0. The molecule has 102 valence electrons. The Hall–Kier alpha value is -0.860. The monoisotopic (exact) mass is 248 g/mol. The smallest absolute Gasteiger partial charge is 0.0236 e. The second kappa shape index (κ2) is 7.55. The van der Waals surface area contributed by atoms with Crippen molar-refractivity contribution in [2.45, 2.75) is 52.7 Å². The first-order valence-electron chi connectivity index (χ1n) is 7.04. The van der Waals surface area contributed by atoms with Crippen LogP contribution in [0.15, 0.2) is 30.3 Å². The van der Waals surface area contributed by atoms with E-state index in [2.05, 4.69) is 62.9 Å². The van der Waals surface area contributed by atoms with Crippen LogP contribution in [0.3, 0.4) is 0 Å². The normalized spacial score (nSPS) is 13.6. The number of rotatable bonds is 7. The number of nitrogens with zero attached hydrogens (tertiary/aromatic N) is 1.